The van der Waals surface area contributed by atoms with Crippen LogP contribution in [0.15, 0.2) is 24.3 Å². The van der Waals surface area contributed by atoms with E-state index in [1.165, 1.54) is 11.0 Å². The Morgan fingerprint density at radius 1 is 1.42 bits per heavy atom. The summed E-state index contributed by atoms with van der Waals surface area (Å²) in [6, 6.07) is 5.47. The molecule has 130 valence electrons. The van der Waals surface area contributed by atoms with Gasteiger partial charge in [0.15, 0.2) is 0 Å². The summed E-state index contributed by atoms with van der Waals surface area (Å²) in [7, 11) is 1.58. The molecule has 2 fully saturated rings. The van der Waals surface area contributed by atoms with Crippen LogP contribution in [0.2, 0.25) is 0 Å². The Kier molecular flexibility index (Phi) is 4.56. The molecule has 24 heavy (non-hydrogen) atoms. The standard InChI is InChI=1S/C17H22FN3O3/c1-24-11-9-17(19,10-11)16(23)20-13-6-4-8-21(15(13)22)14-7-3-2-5-12(14)18/h2-3,5,7,11,13H,4,6,8-10,19H2,1H3,(H,20,23). The van der Waals surface area contributed by atoms with E-state index in [0.29, 0.717) is 32.2 Å². The Labute approximate surface area is 140 Å². The number of nitrogens with two attached hydrogens (primary N) is 1. The highest BCUT2D eigenvalue weighted by Crippen LogP contribution is 2.32. The maximum absolute atomic E-state index is 14.0. The van der Waals surface area contributed by atoms with E-state index >= 15 is 0 Å². The lowest BCUT2D eigenvalue weighted by molar-refractivity contribution is -0.138. The van der Waals surface area contributed by atoms with Crippen molar-refractivity contribution in [3.05, 3.63) is 30.1 Å². The van der Waals surface area contributed by atoms with E-state index in [0.717, 1.165) is 0 Å². The molecule has 3 N–H and O–H groups in total. The van der Waals surface area contributed by atoms with Crippen LogP contribution in [0.1, 0.15) is 25.7 Å². The van der Waals surface area contributed by atoms with Gasteiger partial charge in [0.05, 0.1) is 11.8 Å². The average Bonchev–Trinajstić information content (AvgIpc) is 2.54. The van der Waals surface area contributed by atoms with Crippen molar-refractivity contribution in [2.45, 2.75) is 43.4 Å². The summed E-state index contributed by atoms with van der Waals surface area (Å²) in [6.07, 6.45) is 2.07. The fraction of sp³-hybridized carbons (Fsp3) is 0.529. The van der Waals surface area contributed by atoms with E-state index in [-0.39, 0.29) is 23.6 Å². The maximum Gasteiger partial charge on any atom is 0.249 e. The van der Waals surface area contributed by atoms with Crippen LogP contribution in [-0.4, -0.2) is 43.2 Å². The zero-order valence-corrected chi connectivity index (χ0v) is 13.6. The number of rotatable bonds is 4. The lowest BCUT2D eigenvalue weighted by atomic mass is 9.74. The van der Waals surface area contributed by atoms with Gasteiger partial charge >= 0.3 is 0 Å². The van der Waals surface area contributed by atoms with Crippen LogP contribution in [0.25, 0.3) is 0 Å². The smallest absolute Gasteiger partial charge is 0.249 e. The molecule has 1 heterocycles. The van der Waals surface area contributed by atoms with Crippen molar-refractivity contribution >= 4 is 17.5 Å². The number of methoxy groups -OCH3 is 1. The molecule has 2 amide bonds. The summed E-state index contributed by atoms with van der Waals surface area (Å²) in [5, 5.41) is 2.74. The molecule has 7 heteroatoms. The normalized spacial score (nSPS) is 30.0. The topological polar surface area (TPSA) is 84.7 Å². The number of para-hydroxylation sites is 1. The molecule has 6 nitrogen and oxygen atoms in total. The minimum atomic E-state index is -0.985. The molecule has 0 bridgehead atoms. The molecule has 0 spiro atoms. The van der Waals surface area contributed by atoms with Gasteiger partial charge in [0.2, 0.25) is 11.8 Å². The van der Waals surface area contributed by atoms with Crippen LogP contribution in [0, 0.1) is 5.82 Å². The number of piperidine rings is 1. The minimum Gasteiger partial charge on any atom is -0.381 e. The van der Waals surface area contributed by atoms with Gasteiger partial charge in [0.1, 0.15) is 17.4 Å². The van der Waals surface area contributed by atoms with Crippen LogP contribution in [-0.2, 0) is 14.3 Å². The van der Waals surface area contributed by atoms with Crippen molar-refractivity contribution < 1.29 is 18.7 Å². The highest BCUT2D eigenvalue weighted by atomic mass is 19.1. The number of benzene rings is 1. The summed E-state index contributed by atoms with van der Waals surface area (Å²) >= 11 is 0. The molecule has 1 atom stereocenters. The van der Waals surface area contributed by atoms with Gasteiger partial charge in [-0.1, -0.05) is 12.1 Å². The monoisotopic (exact) mass is 335 g/mol. The van der Waals surface area contributed by atoms with Gasteiger partial charge in [-0.25, -0.2) is 4.39 Å². The molecule has 0 radical (unpaired) electrons. The number of halogens is 1. The van der Waals surface area contributed by atoms with E-state index in [1.807, 2.05) is 0 Å². The number of nitrogens with one attached hydrogen (secondary N) is 1. The average molecular weight is 335 g/mol. The van der Waals surface area contributed by atoms with Crippen molar-refractivity contribution in [2.24, 2.45) is 5.73 Å². The van der Waals surface area contributed by atoms with Gasteiger partial charge in [-0.2, -0.15) is 0 Å². The Morgan fingerprint density at radius 3 is 2.79 bits per heavy atom. The molecule has 1 saturated heterocycles. The number of carbonyl (C=O) groups is 2. The van der Waals surface area contributed by atoms with Crippen molar-refractivity contribution in [3.8, 4) is 0 Å². The zero-order valence-electron chi connectivity index (χ0n) is 13.6. The molecular formula is C17H22FN3O3. The number of anilines is 1. The lowest BCUT2D eigenvalue weighted by Gasteiger charge is -2.43. The van der Waals surface area contributed by atoms with Crippen molar-refractivity contribution in [3.63, 3.8) is 0 Å². The van der Waals surface area contributed by atoms with Gasteiger partial charge in [0.25, 0.3) is 0 Å². The van der Waals surface area contributed by atoms with E-state index in [2.05, 4.69) is 5.32 Å². The van der Waals surface area contributed by atoms with Gasteiger partial charge in [-0.15, -0.1) is 0 Å². The summed E-state index contributed by atoms with van der Waals surface area (Å²) in [5.74, 6) is -1.09. The number of amides is 2. The predicted molar refractivity (Wildman–Crippen MR) is 86.9 cm³/mol. The number of hydrogen-bond acceptors (Lipinski definition) is 4. The van der Waals surface area contributed by atoms with Gasteiger partial charge in [0, 0.05) is 26.5 Å². The van der Waals surface area contributed by atoms with Crippen LogP contribution >= 0.6 is 0 Å². The van der Waals surface area contributed by atoms with Gasteiger partial charge in [-0.3, -0.25) is 9.59 Å². The van der Waals surface area contributed by atoms with E-state index in [9.17, 15) is 14.0 Å². The third kappa shape index (κ3) is 3.01. The Bertz CT molecular complexity index is 646. The first-order valence-corrected chi connectivity index (χ1v) is 8.13. The molecule has 1 aliphatic heterocycles. The summed E-state index contributed by atoms with van der Waals surface area (Å²) < 4.78 is 19.1. The highest BCUT2D eigenvalue weighted by Gasteiger charge is 2.48. The molecule has 3 rings (SSSR count). The minimum absolute atomic E-state index is 0.0160. The van der Waals surface area contributed by atoms with Gasteiger partial charge in [-0.05, 0) is 25.0 Å². The molecule has 1 saturated carbocycles. The van der Waals surface area contributed by atoms with E-state index in [4.69, 9.17) is 10.5 Å². The first kappa shape index (κ1) is 16.9. The molecule has 1 aromatic carbocycles. The third-order valence-electron chi connectivity index (χ3n) is 4.86. The zero-order chi connectivity index (χ0) is 17.3. The van der Waals surface area contributed by atoms with Crippen molar-refractivity contribution in [1.29, 1.82) is 0 Å². The highest BCUT2D eigenvalue weighted by molar-refractivity contribution is 6.01. The fourth-order valence-electron chi connectivity index (χ4n) is 3.33. The first-order chi connectivity index (χ1) is 11.4. The van der Waals surface area contributed by atoms with Crippen molar-refractivity contribution in [2.75, 3.05) is 18.6 Å². The Balaban J connectivity index is 1.68. The molecule has 1 aliphatic carbocycles. The predicted octanol–water partition coefficient (Wildman–Crippen LogP) is 0.944. The molecule has 1 unspecified atom stereocenters. The first-order valence-electron chi connectivity index (χ1n) is 8.13. The Hall–Kier alpha value is -1.99. The van der Waals surface area contributed by atoms with Gasteiger partial charge < -0.3 is 20.7 Å². The molecule has 2 aliphatic rings. The number of carbonyl (C=O) groups excluding carboxylic acids is 2. The second kappa shape index (κ2) is 6.49. The van der Waals surface area contributed by atoms with Crippen LogP contribution < -0.4 is 16.0 Å². The number of hydrogen-bond donors (Lipinski definition) is 2. The molecule has 0 aromatic heterocycles. The maximum atomic E-state index is 14.0. The quantitative estimate of drug-likeness (QED) is 0.858. The summed E-state index contributed by atoms with van der Waals surface area (Å²) in [6.45, 7) is 0.436. The van der Waals surface area contributed by atoms with E-state index < -0.39 is 17.4 Å². The van der Waals surface area contributed by atoms with E-state index in [1.54, 1.807) is 25.3 Å². The number of ether oxygens (including phenoxy) is 1. The van der Waals surface area contributed by atoms with Crippen LogP contribution in [0.4, 0.5) is 10.1 Å². The summed E-state index contributed by atoms with van der Waals surface area (Å²) in [4.78, 5) is 26.4. The number of nitrogens with zero attached hydrogens (tertiary/aromatic N) is 1. The lowest BCUT2D eigenvalue weighted by Crippen LogP contribution is -2.66. The SMILES string of the molecule is COC1CC(N)(C(=O)NC2CCCN(c3ccccc3F)C2=O)C1. The second-order valence-electron chi connectivity index (χ2n) is 6.53. The van der Waals surface area contributed by atoms with Crippen molar-refractivity contribution in [1.82, 2.24) is 5.32 Å². The molecular weight excluding hydrogens is 313 g/mol. The Morgan fingerprint density at radius 2 is 2.12 bits per heavy atom. The fourth-order valence-corrected chi connectivity index (χ4v) is 3.33. The summed E-state index contributed by atoms with van der Waals surface area (Å²) in [5.41, 5.74) is 5.33. The third-order valence-corrected chi connectivity index (χ3v) is 4.86. The van der Waals surface area contributed by atoms with Crippen LogP contribution in [0.5, 0.6) is 0 Å². The largest absolute Gasteiger partial charge is 0.381 e. The van der Waals surface area contributed by atoms with Crippen LogP contribution in [0.3, 0.4) is 0 Å². The molecule has 1 aromatic rings. The second-order valence-corrected chi connectivity index (χ2v) is 6.53.